The van der Waals surface area contributed by atoms with Crippen LogP contribution in [0.2, 0.25) is 0 Å². The van der Waals surface area contributed by atoms with Crippen molar-refractivity contribution in [1.82, 2.24) is 15.8 Å². The third kappa shape index (κ3) is 4.84. The summed E-state index contributed by atoms with van der Waals surface area (Å²) in [6.45, 7) is 3.73. The van der Waals surface area contributed by atoms with Crippen molar-refractivity contribution in [3.8, 4) is 16.5 Å². The van der Waals surface area contributed by atoms with Crippen LogP contribution in [-0.2, 0) is 6.61 Å². The number of nitrogens with one attached hydrogen (secondary N) is 2. The van der Waals surface area contributed by atoms with Gasteiger partial charge in [-0.3, -0.25) is 20.4 Å². The molecule has 9 heteroatoms. The number of ether oxygens (including phenoxy) is 1. The molecule has 2 amide bonds. The standard InChI is InChI=1S/C22H19N3O5S/c1-13-8-10-18(29-13)22-23-14(2)19(31-22)21(27)25-24-20(26)17-11-9-16(30-17)12-28-15-6-4-3-5-7-15/h3-11H,12H2,1-2H3,(H,24,26)(H,25,27). The predicted molar refractivity (Wildman–Crippen MR) is 114 cm³/mol. The van der Waals surface area contributed by atoms with E-state index < -0.39 is 11.8 Å². The number of carbonyl (C=O) groups excluding carboxylic acids is 2. The summed E-state index contributed by atoms with van der Waals surface area (Å²) in [5.41, 5.74) is 5.27. The Morgan fingerprint density at radius 1 is 0.968 bits per heavy atom. The minimum Gasteiger partial charge on any atom is -0.486 e. The van der Waals surface area contributed by atoms with E-state index in [-0.39, 0.29) is 12.4 Å². The third-order valence-electron chi connectivity index (χ3n) is 4.25. The number of aromatic nitrogens is 1. The minimum absolute atomic E-state index is 0.0553. The van der Waals surface area contributed by atoms with Crippen LogP contribution in [0.1, 0.15) is 37.4 Å². The number of para-hydroxylation sites is 1. The van der Waals surface area contributed by atoms with E-state index in [0.29, 0.717) is 32.8 Å². The fraction of sp³-hybridized carbons (Fsp3) is 0.136. The molecule has 0 atom stereocenters. The van der Waals surface area contributed by atoms with Crippen molar-refractivity contribution in [2.45, 2.75) is 20.5 Å². The van der Waals surface area contributed by atoms with Crippen molar-refractivity contribution < 1.29 is 23.2 Å². The van der Waals surface area contributed by atoms with E-state index in [1.54, 1.807) is 19.1 Å². The quantitative estimate of drug-likeness (QED) is 0.437. The lowest BCUT2D eigenvalue weighted by Gasteiger charge is -2.05. The maximum Gasteiger partial charge on any atom is 0.305 e. The molecule has 0 aliphatic rings. The number of carbonyl (C=O) groups is 2. The zero-order valence-corrected chi connectivity index (χ0v) is 17.6. The molecule has 2 N–H and O–H groups in total. The van der Waals surface area contributed by atoms with Crippen LogP contribution in [0, 0.1) is 13.8 Å². The zero-order valence-electron chi connectivity index (χ0n) is 16.8. The molecule has 158 valence electrons. The number of hydrogen-bond acceptors (Lipinski definition) is 7. The maximum atomic E-state index is 12.5. The van der Waals surface area contributed by atoms with Gasteiger partial charge in [-0.15, -0.1) is 11.3 Å². The number of benzene rings is 1. The summed E-state index contributed by atoms with van der Waals surface area (Å²) in [5.74, 6) is 1.53. The molecule has 4 aromatic rings. The Hall–Kier alpha value is -3.85. The van der Waals surface area contributed by atoms with Crippen LogP contribution in [0.4, 0.5) is 0 Å². The number of amides is 2. The number of rotatable bonds is 6. The molecule has 1 aromatic carbocycles. The fourth-order valence-electron chi connectivity index (χ4n) is 2.74. The normalized spacial score (nSPS) is 10.6. The first-order valence-electron chi connectivity index (χ1n) is 9.41. The Morgan fingerprint density at radius 2 is 1.74 bits per heavy atom. The molecule has 3 aromatic heterocycles. The highest BCUT2D eigenvalue weighted by molar-refractivity contribution is 7.17. The van der Waals surface area contributed by atoms with Gasteiger partial charge in [0.1, 0.15) is 28.8 Å². The summed E-state index contributed by atoms with van der Waals surface area (Å²) in [6, 6.07) is 16.1. The Morgan fingerprint density at radius 3 is 2.48 bits per heavy atom. The highest BCUT2D eigenvalue weighted by Gasteiger charge is 2.19. The van der Waals surface area contributed by atoms with E-state index >= 15 is 0 Å². The van der Waals surface area contributed by atoms with Gasteiger partial charge in [-0.2, -0.15) is 0 Å². The van der Waals surface area contributed by atoms with Crippen molar-refractivity contribution in [3.63, 3.8) is 0 Å². The second kappa shape index (κ2) is 8.88. The Kier molecular flexibility index (Phi) is 5.85. The van der Waals surface area contributed by atoms with E-state index in [2.05, 4.69) is 15.8 Å². The first kappa shape index (κ1) is 20.4. The van der Waals surface area contributed by atoms with Crippen LogP contribution < -0.4 is 15.6 Å². The number of nitrogens with zero attached hydrogens (tertiary/aromatic N) is 1. The Bertz CT molecular complexity index is 1210. The number of aryl methyl sites for hydroxylation is 2. The number of hydrazine groups is 1. The van der Waals surface area contributed by atoms with Crippen molar-refractivity contribution in [3.05, 3.63) is 82.4 Å². The van der Waals surface area contributed by atoms with Gasteiger partial charge in [0.15, 0.2) is 16.5 Å². The average Bonchev–Trinajstić information content (AvgIpc) is 3.51. The van der Waals surface area contributed by atoms with Crippen LogP contribution >= 0.6 is 11.3 Å². The van der Waals surface area contributed by atoms with E-state index in [0.717, 1.165) is 5.76 Å². The molecule has 0 spiro atoms. The Labute approximate surface area is 181 Å². The summed E-state index contributed by atoms with van der Waals surface area (Å²) >= 11 is 1.18. The molecule has 0 aliphatic heterocycles. The lowest BCUT2D eigenvalue weighted by molar-refractivity contribution is 0.0830. The predicted octanol–water partition coefficient (Wildman–Crippen LogP) is 4.27. The van der Waals surface area contributed by atoms with Gasteiger partial charge in [0.2, 0.25) is 0 Å². The van der Waals surface area contributed by atoms with Gasteiger partial charge < -0.3 is 13.6 Å². The van der Waals surface area contributed by atoms with Gasteiger partial charge in [0.25, 0.3) is 5.91 Å². The second-order valence-electron chi connectivity index (χ2n) is 6.62. The van der Waals surface area contributed by atoms with Gasteiger partial charge >= 0.3 is 5.91 Å². The average molecular weight is 437 g/mol. The summed E-state index contributed by atoms with van der Waals surface area (Å²) in [5, 5.41) is 0.594. The van der Waals surface area contributed by atoms with Gasteiger partial charge in [-0.05, 0) is 50.2 Å². The topological polar surface area (TPSA) is 107 Å². The fourth-order valence-corrected chi connectivity index (χ4v) is 3.67. The SMILES string of the molecule is Cc1ccc(-c2nc(C)c(C(=O)NNC(=O)c3ccc(COc4ccccc4)o3)s2)o1. The summed E-state index contributed by atoms with van der Waals surface area (Å²) in [4.78, 5) is 29.5. The van der Waals surface area contributed by atoms with Crippen LogP contribution in [-0.4, -0.2) is 16.8 Å². The van der Waals surface area contributed by atoms with Crippen LogP contribution in [0.5, 0.6) is 5.75 Å². The molecule has 4 rings (SSSR count). The van der Waals surface area contributed by atoms with Gasteiger partial charge in [-0.1, -0.05) is 18.2 Å². The molecular formula is C22H19N3O5S. The molecule has 0 bridgehead atoms. The first-order valence-corrected chi connectivity index (χ1v) is 10.2. The third-order valence-corrected chi connectivity index (χ3v) is 5.42. The Balaban J connectivity index is 1.33. The number of thiazole rings is 1. The van der Waals surface area contributed by atoms with Crippen molar-refractivity contribution in [2.75, 3.05) is 0 Å². The molecule has 31 heavy (non-hydrogen) atoms. The smallest absolute Gasteiger partial charge is 0.305 e. The van der Waals surface area contributed by atoms with Gasteiger partial charge in [0, 0.05) is 0 Å². The maximum absolute atomic E-state index is 12.5. The van der Waals surface area contributed by atoms with Gasteiger partial charge in [0.05, 0.1) is 5.69 Å². The van der Waals surface area contributed by atoms with Crippen LogP contribution in [0.25, 0.3) is 10.8 Å². The van der Waals surface area contributed by atoms with Crippen molar-refractivity contribution >= 4 is 23.2 Å². The highest BCUT2D eigenvalue weighted by Crippen LogP contribution is 2.29. The summed E-state index contributed by atoms with van der Waals surface area (Å²) < 4.78 is 16.6. The van der Waals surface area contributed by atoms with Crippen LogP contribution in [0.15, 0.2) is 63.4 Å². The monoisotopic (exact) mass is 437 g/mol. The molecule has 0 unspecified atom stereocenters. The van der Waals surface area contributed by atoms with E-state index in [1.165, 1.54) is 17.4 Å². The van der Waals surface area contributed by atoms with E-state index in [1.807, 2.05) is 43.3 Å². The number of hydrogen-bond donors (Lipinski definition) is 2. The molecule has 0 fully saturated rings. The van der Waals surface area contributed by atoms with Gasteiger partial charge in [-0.25, -0.2) is 4.98 Å². The molecule has 0 radical (unpaired) electrons. The summed E-state index contributed by atoms with van der Waals surface area (Å²) in [6.07, 6.45) is 0. The van der Waals surface area contributed by atoms with E-state index in [9.17, 15) is 9.59 Å². The largest absolute Gasteiger partial charge is 0.486 e. The molecule has 3 heterocycles. The molecule has 0 saturated heterocycles. The van der Waals surface area contributed by atoms with E-state index in [4.69, 9.17) is 13.6 Å². The lowest BCUT2D eigenvalue weighted by atomic mass is 10.3. The summed E-state index contributed by atoms with van der Waals surface area (Å²) in [7, 11) is 0. The zero-order chi connectivity index (χ0) is 21.8. The highest BCUT2D eigenvalue weighted by atomic mass is 32.1. The van der Waals surface area contributed by atoms with Crippen molar-refractivity contribution in [2.24, 2.45) is 0 Å². The molecular weight excluding hydrogens is 418 g/mol. The lowest BCUT2D eigenvalue weighted by Crippen LogP contribution is -2.41. The first-order chi connectivity index (χ1) is 15.0. The number of furan rings is 2. The van der Waals surface area contributed by atoms with Crippen LogP contribution in [0.3, 0.4) is 0 Å². The van der Waals surface area contributed by atoms with Crippen molar-refractivity contribution in [1.29, 1.82) is 0 Å². The minimum atomic E-state index is -0.580. The molecule has 8 nitrogen and oxygen atoms in total. The second-order valence-corrected chi connectivity index (χ2v) is 7.62. The molecule has 0 aliphatic carbocycles. The molecule has 0 saturated carbocycles.